The predicted octanol–water partition coefficient (Wildman–Crippen LogP) is 3.15. The van der Waals surface area contributed by atoms with E-state index < -0.39 is 0 Å². The van der Waals surface area contributed by atoms with Crippen LogP contribution < -0.4 is 0 Å². The zero-order valence-electron chi connectivity index (χ0n) is 10.1. The molecule has 0 amide bonds. The maximum Gasteiger partial charge on any atom is 0.0358 e. The summed E-state index contributed by atoms with van der Waals surface area (Å²) < 4.78 is 0. The standard InChI is InChI=1S/C13H20N2/c1-5-12-11-6-7-14-8-10(11)9-15(12)13(2,3)4/h6-8,12H,5,9H2,1-4H3. The molecule has 2 rings (SSSR count). The highest BCUT2D eigenvalue weighted by atomic mass is 15.2. The van der Waals surface area contributed by atoms with Crippen molar-refractivity contribution in [3.05, 3.63) is 29.6 Å². The van der Waals surface area contributed by atoms with Crippen LogP contribution >= 0.6 is 0 Å². The summed E-state index contributed by atoms with van der Waals surface area (Å²) in [6, 6.07) is 2.75. The monoisotopic (exact) mass is 204 g/mol. The topological polar surface area (TPSA) is 16.1 Å². The highest BCUT2D eigenvalue weighted by molar-refractivity contribution is 5.31. The minimum absolute atomic E-state index is 0.236. The van der Waals surface area contributed by atoms with Crippen molar-refractivity contribution in [3.63, 3.8) is 0 Å². The van der Waals surface area contributed by atoms with Crippen molar-refractivity contribution in [2.75, 3.05) is 0 Å². The number of fused-ring (bicyclic) bond motifs is 1. The smallest absolute Gasteiger partial charge is 0.0358 e. The van der Waals surface area contributed by atoms with Crippen LogP contribution in [0.1, 0.15) is 51.3 Å². The molecule has 0 N–H and O–H groups in total. The van der Waals surface area contributed by atoms with Gasteiger partial charge in [0.15, 0.2) is 0 Å². The van der Waals surface area contributed by atoms with E-state index in [9.17, 15) is 0 Å². The first-order valence-corrected chi connectivity index (χ1v) is 5.73. The predicted molar refractivity (Wildman–Crippen MR) is 62.6 cm³/mol. The average Bonchev–Trinajstić information content (AvgIpc) is 2.55. The third kappa shape index (κ3) is 1.78. The molecule has 1 aromatic rings. The largest absolute Gasteiger partial charge is 0.287 e. The summed E-state index contributed by atoms with van der Waals surface area (Å²) in [6.07, 6.45) is 5.10. The van der Waals surface area contributed by atoms with Crippen molar-refractivity contribution >= 4 is 0 Å². The van der Waals surface area contributed by atoms with Gasteiger partial charge in [0.25, 0.3) is 0 Å². The van der Waals surface area contributed by atoms with Crippen molar-refractivity contribution in [3.8, 4) is 0 Å². The minimum atomic E-state index is 0.236. The van der Waals surface area contributed by atoms with Crippen molar-refractivity contribution in [1.82, 2.24) is 9.88 Å². The summed E-state index contributed by atoms with van der Waals surface area (Å²) in [6.45, 7) is 10.2. The number of hydrogen-bond acceptors (Lipinski definition) is 2. The molecule has 2 nitrogen and oxygen atoms in total. The Kier molecular flexibility index (Phi) is 2.55. The molecule has 1 aliphatic rings. The highest BCUT2D eigenvalue weighted by Crippen LogP contribution is 2.39. The van der Waals surface area contributed by atoms with Gasteiger partial charge < -0.3 is 0 Å². The van der Waals surface area contributed by atoms with E-state index in [1.807, 2.05) is 12.4 Å². The molecule has 0 aliphatic carbocycles. The summed E-state index contributed by atoms with van der Waals surface area (Å²) in [5, 5.41) is 0. The van der Waals surface area contributed by atoms with Crippen molar-refractivity contribution < 1.29 is 0 Å². The van der Waals surface area contributed by atoms with Gasteiger partial charge in [0.05, 0.1) is 0 Å². The van der Waals surface area contributed by atoms with Crippen LogP contribution in [0.3, 0.4) is 0 Å². The Balaban J connectivity index is 2.37. The number of pyridine rings is 1. The summed E-state index contributed by atoms with van der Waals surface area (Å²) in [4.78, 5) is 6.78. The van der Waals surface area contributed by atoms with Crippen LogP contribution in [0.25, 0.3) is 0 Å². The zero-order chi connectivity index (χ0) is 11.1. The maximum absolute atomic E-state index is 4.21. The Morgan fingerprint density at radius 2 is 2.20 bits per heavy atom. The molecule has 15 heavy (non-hydrogen) atoms. The summed E-state index contributed by atoms with van der Waals surface area (Å²) in [5.41, 5.74) is 3.11. The first-order chi connectivity index (χ1) is 7.04. The van der Waals surface area contributed by atoms with Crippen LogP contribution in [0.15, 0.2) is 18.5 Å². The van der Waals surface area contributed by atoms with E-state index in [2.05, 4.69) is 43.6 Å². The van der Waals surface area contributed by atoms with Crippen molar-refractivity contribution in [1.29, 1.82) is 0 Å². The minimum Gasteiger partial charge on any atom is -0.287 e. The van der Waals surface area contributed by atoms with Gasteiger partial charge >= 0.3 is 0 Å². The third-order valence-electron chi connectivity index (χ3n) is 3.27. The summed E-state index contributed by atoms with van der Waals surface area (Å²) >= 11 is 0. The van der Waals surface area contributed by atoms with E-state index in [4.69, 9.17) is 0 Å². The van der Waals surface area contributed by atoms with Crippen LogP contribution in [-0.2, 0) is 6.54 Å². The van der Waals surface area contributed by atoms with E-state index in [-0.39, 0.29) is 5.54 Å². The van der Waals surface area contributed by atoms with Crippen molar-refractivity contribution in [2.24, 2.45) is 0 Å². The fraction of sp³-hybridized carbons (Fsp3) is 0.615. The molecule has 1 atom stereocenters. The maximum atomic E-state index is 4.21. The first kappa shape index (κ1) is 10.6. The first-order valence-electron chi connectivity index (χ1n) is 5.73. The molecule has 0 spiro atoms. The van der Waals surface area contributed by atoms with Gasteiger partial charge in [-0.25, -0.2) is 0 Å². The fourth-order valence-corrected chi connectivity index (χ4v) is 2.50. The Bertz CT molecular complexity index is 352. The Morgan fingerprint density at radius 1 is 1.47 bits per heavy atom. The van der Waals surface area contributed by atoms with Crippen LogP contribution in [0.5, 0.6) is 0 Å². The Hall–Kier alpha value is -0.890. The molecule has 82 valence electrons. The molecule has 0 saturated heterocycles. The van der Waals surface area contributed by atoms with E-state index in [1.165, 1.54) is 17.5 Å². The summed E-state index contributed by atoms with van der Waals surface area (Å²) in [5.74, 6) is 0. The van der Waals surface area contributed by atoms with E-state index >= 15 is 0 Å². The second-order valence-electron chi connectivity index (χ2n) is 5.30. The molecule has 0 bridgehead atoms. The lowest BCUT2D eigenvalue weighted by molar-refractivity contribution is 0.0886. The lowest BCUT2D eigenvalue weighted by Crippen LogP contribution is -2.39. The zero-order valence-corrected chi connectivity index (χ0v) is 10.1. The molecular weight excluding hydrogens is 184 g/mol. The molecule has 1 aromatic heterocycles. The van der Waals surface area contributed by atoms with E-state index in [0.717, 1.165) is 6.54 Å². The normalized spacial score (nSPS) is 21.7. The lowest BCUT2D eigenvalue weighted by Gasteiger charge is -2.36. The molecule has 1 unspecified atom stereocenters. The van der Waals surface area contributed by atoms with Crippen LogP contribution in [-0.4, -0.2) is 15.4 Å². The van der Waals surface area contributed by atoms with Gasteiger partial charge in [-0.05, 0) is 44.4 Å². The molecule has 0 radical (unpaired) electrons. The lowest BCUT2D eigenvalue weighted by atomic mass is 10.0. The molecule has 0 fully saturated rings. The van der Waals surface area contributed by atoms with Gasteiger partial charge in [-0.15, -0.1) is 0 Å². The quantitative estimate of drug-likeness (QED) is 0.698. The third-order valence-corrected chi connectivity index (χ3v) is 3.27. The van der Waals surface area contributed by atoms with Gasteiger partial charge in [0, 0.05) is 30.5 Å². The molecule has 2 heterocycles. The van der Waals surface area contributed by atoms with E-state index in [0.29, 0.717) is 6.04 Å². The molecule has 1 aliphatic heterocycles. The SMILES string of the molecule is CCC1c2ccncc2CN1C(C)(C)C. The highest BCUT2D eigenvalue weighted by Gasteiger charge is 2.35. The number of nitrogens with zero attached hydrogens (tertiary/aromatic N) is 2. The fourth-order valence-electron chi connectivity index (χ4n) is 2.50. The van der Waals surface area contributed by atoms with Gasteiger partial charge in [-0.3, -0.25) is 9.88 Å². The van der Waals surface area contributed by atoms with Crippen LogP contribution in [0, 0.1) is 0 Å². The second-order valence-corrected chi connectivity index (χ2v) is 5.30. The second kappa shape index (κ2) is 3.60. The molecular formula is C13H20N2. The molecule has 0 aromatic carbocycles. The number of hydrogen-bond donors (Lipinski definition) is 0. The summed E-state index contributed by atoms with van der Waals surface area (Å²) in [7, 11) is 0. The Labute approximate surface area is 92.3 Å². The van der Waals surface area contributed by atoms with Gasteiger partial charge in [-0.2, -0.15) is 0 Å². The van der Waals surface area contributed by atoms with Gasteiger partial charge in [0.2, 0.25) is 0 Å². The number of rotatable bonds is 1. The van der Waals surface area contributed by atoms with Gasteiger partial charge in [0.1, 0.15) is 0 Å². The van der Waals surface area contributed by atoms with Gasteiger partial charge in [-0.1, -0.05) is 6.92 Å². The number of aromatic nitrogens is 1. The van der Waals surface area contributed by atoms with Crippen LogP contribution in [0.4, 0.5) is 0 Å². The van der Waals surface area contributed by atoms with Crippen LogP contribution in [0.2, 0.25) is 0 Å². The average molecular weight is 204 g/mol. The van der Waals surface area contributed by atoms with Crippen molar-refractivity contribution in [2.45, 2.75) is 52.2 Å². The Morgan fingerprint density at radius 3 is 2.80 bits per heavy atom. The van der Waals surface area contributed by atoms with E-state index in [1.54, 1.807) is 0 Å². The molecule has 0 saturated carbocycles. The molecule has 2 heteroatoms.